The molecule has 7 heteroatoms. The highest BCUT2D eigenvalue weighted by molar-refractivity contribution is 7.22. The molecular weight excluding hydrogens is 413 g/mol. The highest BCUT2D eigenvalue weighted by Crippen LogP contribution is 2.31. The molecule has 3 rings (SSSR count). The van der Waals surface area contributed by atoms with Crippen LogP contribution in [0.3, 0.4) is 0 Å². The number of unbranched alkanes of at least 4 members (excludes halogenated alkanes) is 2. The van der Waals surface area contributed by atoms with E-state index in [1.807, 2.05) is 32.3 Å². The van der Waals surface area contributed by atoms with E-state index in [0.29, 0.717) is 35.1 Å². The van der Waals surface area contributed by atoms with Gasteiger partial charge in [-0.2, -0.15) is 0 Å². The Balaban J connectivity index is 1.84. The highest BCUT2D eigenvalue weighted by atomic mass is 32.1. The topological polar surface area (TPSA) is 45.7 Å². The van der Waals surface area contributed by atoms with Crippen LogP contribution < -0.4 is 9.64 Å². The molecule has 0 spiro atoms. The van der Waals surface area contributed by atoms with Gasteiger partial charge in [-0.25, -0.2) is 9.37 Å². The Bertz CT molecular complexity index is 1010. The second-order valence-electron chi connectivity index (χ2n) is 7.78. The minimum absolute atomic E-state index is 0.155. The number of ether oxygens (including phenoxy) is 1. The largest absolute Gasteiger partial charge is 0.494 e. The zero-order valence-corrected chi connectivity index (χ0v) is 19.3. The third-order valence-corrected chi connectivity index (χ3v) is 5.96. The fourth-order valence-corrected chi connectivity index (χ4v) is 4.27. The summed E-state index contributed by atoms with van der Waals surface area (Å²) in [7, 11) is 4.00. The van der Waals surface area contributed by atoms with Gasteiger partial charge in [-0.05, 0) is 63.8 Å². The van der Waals surface area contributed by atoms with E-state index in [4.69, 9.17) is 4.74 Å². The molecule has 5 nitrogen and oxygen atoms in total. The second kappa shape index (κ2) is 11.2. The first-order valence-corrected chi connectivity index (χ1v) is 11.6. The Labute approximate surface area is 187 Å². The fraction of sp³-hybridized carbons (Fsp3) is 0.417. The smallest absolute Gasteiger partial charge is 0.260 e. The summed E-state index contributed by atoms with van der Waals surface area (Å²) in [4.78, 5) is 21.6. The van der Waals surface area contributed by atoms with Gasteiger partial charge < -0.3 is 9.64 Å². The van der Waals surface area contributed by atoms with E-state index in [1.165, 1.54) is 17.4 Å². The maximum absolute atomic E-state index is 14.2. The Kier molecular flexibility index (Phi) is 8.37. The van der Waals surface area contributed by atoms with Crippen molar-refractivity contribution in [1.82, 2.24) is 9.88 Å². The first-order valence-electron chi connectivity index (χ1n) is 10.7. The number of rotatable bonds is 11. The van der Waals surface area contributed by atoms with E-state index in [9.17, 15) is 9.18 Å². The van der Waals surface area contributed by atoms with Gasteiger partial charge in [0.25, 0.3) is 5.91 Å². The molecular formula is C24H30FN3O2S. The molecule has 0 aliphatic carbocycles. The molecule has 0 bridgehead atoms. The van der Waals surface area contributed by atoms with Gasteiger partial charge in [0.1, 0.15) is 17.1 Å². The Morgan fingerprint density at radius 1 is 1.10 bits per heavy atom. The molecule has 166 valence electrons. The zero-order chi connectivity index (χ0) is 22.2. The van der Waals surface area contributed by atoms with Gasteiger partial charge in [0.15, 0.2) is 5.13 Å². The molecule has 0 aliphatic heterocycles. The third kappa shape index (κ3) is 6.24. The molecule has 31 heavy (non-hydrogen) atoms. The molecule has 0 saturated carbocycles. The summed E-state index contributed by atoms with van der Waals surface area (Å²) in [6.07, 6.45) is 4.02. The zero-order valence-electron chi connectivity index (χ0n) is 18.4. The van der Waals surface area contributed by atoms with Gasteiger partial charge in [-0.3, -0.25) is 9.69 Å². The lowest BCUT2D eigenvalue weighted by Gasteiger charge is -2.21. The molecule has 0 atom stereocenters. The van der Waals surface area contributed by atoms with Crippen molar-refractivity contribution in [2.24, 2.45) is 0 Å². The van der Waals surface area contributed by atoms with Crippen LogP contribution in [0.15, 0.2) is 42.5 Å². The van der Waals surface area contributed by atoms with Crippen LogP contribution in [0.4, 0.5) is 9.52 Å². The molecule has 1 aromatic heterocycles. The van der Waals surface area contributed by atoms with Crippen LogP contribution >= 0.6 is 11.3 Å². The van der Waals surface area contributed by atoms with E-state index < -0.39 is 0 Å². The van der Waals surface area contributed by atoms with Crippen molar-refractivity contribution < 1.29 is 13.9 Å². The van der Waals surface area contributed by atoms with Crippen LogP contribution in [0.25, 0.3) is 10.2 Å². The Morgan fingerprint density at radius 3 is 2.65 bits per heavy atom. The summed E-state index contributed by atoms with van der Waals surface area (Å²) in [5, 5.41) is 0.512. The summed E-state index contributed by atoms with van der Waals surface area (Å²) < 4.78 is 20.7. The third-order valence-electron chi connectivity index (χ3n) is 4.92. The number of aromatic nitrogens is 1. The van der Waals surface area contributed by atoms with Gasteiger partial charge in [-0.15, -0.1) is 0 Å². The maximum Gasteiger partial charge on any atom is 0.260 e. The average Bonchev–Trinajstić information content (AvgIpc) is 3.19. The number of halogens is 1. The standard InChI is InChI=1S/C24H30FN3O2S/c1-4-5-6-16-30-19-11-7-10-18(17-19)23(29)28(15-9-14-27(2)3)24-26-22-20(25)12-8-13-21(22)31-24/h7-8,10-13,17H,4-6,9,14-16H2,1-3H3. The van der Waals surface area contributed by atoms with Gasteiger partial charge >= 0.3 is 0 Å². The van der Waals surface area contributed by atoms with Gasteiger partial charge in [0.2, 0.25) is 0 Å². The van der Waals surface area contributed by atoms with Crippen LogP contribution in [-0.4, -0.2) is 49.6 Å². The first kappa shape index (κ1) is 23.2. The van der Waals surface area contributed by atoms with Crippen LogP contribution in [0.1, 0.15) is 43.0 Å². The lowest BCUT2D eigenvalue weighted by atomic mass is 10.2. The molecule has 0 radical (unpaired) electrons. The van der Waals surface area contributed by atoms with E-state index in [-0.39, 0.29) is 11.7 Å². The van der Waals surface area contributed by atoms with Crippen molar-refractivity contribution in [3.8, 4) is 5.75 Å². The molecule has 0 aliphatic rings. The molecule has 2 aromatic carbocycles. The molecule has 1 amide bonds. The van der Waals surface area contributed by atoms with E-state index in [0.717, 1.165) is 36.9 Å². The van der Waals surface area contributed by atoms with Crippen molar-refractivity contribution in [3.05, 3.63) is 53.8 Å². The predicted octanol–water partition coefficient (Wildman–Crippen LogP) is 5.60. The molecule has 1 heterocycles. The van der Waals surface area contributed by atoms with Gasteiger partial charge in [-0.1, -0.05) is 43.2 Å². The predicted molar refractivity (Wildman–Crippen MR) is 126 cm³/mol. The normalized spacial score (nSPS) is 11.3. The maximum atomic E-state index is 14.2. The number of hydrogen-bond donors (Lipinski definition) is 0. The quantitative estimate of drug-likeness (QED) is 0.362. The van der Waals surface area contributed by atoms with E-state index in [1.54, 1.807) is 23.1 Å². The van der Waals surface area contributed by atoms with Gasteiger partial charge in [0.05, 0.1) is 11.3 Å². The molecule has 0 saturated heterocycles. The first-order chi connectivity index (χ1) is 15.0. The van der Waals surface area contributed by atoms with Crippen LogP contribution in [0.5, 0.6) is 5.75 Å². The number of carbonyl (C=O) groups excluding carboxylic acids is 1. The lowest BCUT2D eigenvalue weighted by molar-refractivity contribution is 0.0985. The summed E-state index contributed by atoms with van der Waals surface area (Å²) in [5.41, 5.74) is 0.846. The summed E-state index contributed by atoms with van der Waals surface area (Å²) in [5.74, 6) is 0.158. The number of amides is 1. The number of carbonyl (C=O) groups is 1. The highest BCUT2D eigenvalue weighted by Gasteiger charge is 2.22. The summed E-state index contributed by atoms with van der Waals surface area (Å²) in [6.45, 7) is 4.12. The number of para-hydroxylation sites is 1. The van der Waals surface area contributed by atoms with Gasteiger partial charge in [0, 0.05) is 12.1 Å². The Hall–Kier alpha value is -2.51. The van der Waals surface area contributed by atoms with Crippen molar-refractivity contribution in [2.75, 3.05) is 38.7 Å². The van der Waals surface area contributed by atoms with Crippen LogP contribution in [0.2, 0.25) is 0 Å². The average molecular weight is 444 g/mol. The van der Waals surface area contributed by atoms with Crippen molar-refractivity contribution in [3.63, 3.8) is 0 Å². The second-order valence-corrected chi connectivity index (χ2v) is 8.79. The monoisotopic (exact) mass is 443 g/mol. The van der Waals surface area contributed by atoms with Crippen molar-refractivity contribution >= 4 is 32.6 Å². The van der Waals surface area contributed by atoms with E-state index >= 15 is 0 Å². The summed E-state index contributed by atoms with van der Waals surface area (Å²) >= 11 is 1.33. The summed E-state index contributed by atoms with van der Waals surface area (Å²) in [6, 6.07) is 12.1. The molecule has 3 aromatic rings. The SMILES string of the molecule is CCCCCOc1cccc(C(=O)N(CCCN(C)C)c2nc3c(F)cccc3s2)c1. The van der Waals surface area contributed by atoms with Crippen LogP contribution in [0, 0.1) is 5.82 Å². The number of anilines is 1. The van der Waals surface area contributed by atoms with E-state index in [2.05, 4.69) is 16.8 Å². The number of benzene rings is 2. The Morgan fingerprint density at radius 2 is 1.90 bits per heavy atom. The lowest BCUT2D eigenvalue weighted by Crippen LogP contribution is -2.33. The molecule has 0 N–H and O–H groups in total. The number of nitrogens with zero attached hydrogens (tertiary/aromatic N) is 3. The van der Waals surface area contributed by atoms with Crippen LogP contribution in [-0.2, 0) is 0 Å². The number of hydrogen-bond acceptors (Lipinski definition) is 5. The molecule has 0 fully saturated rings. The van der Waals surface area contributed by atoms with Crippen molar-refractivity contribution in [1.29, 1.82) is 0 Å². The minimum atomic E-state index is -0.372. The number of thiazole rings is 1. The molecule has 0 unspecified atom stereocenters. The minimum Gasteiger partial charge on any atom is -0.494 e. The number of fused-ring (bicyclic) bond motifs is 1. The fourth-order valence-electron chi connectivity index (χ4n) is 3.26. The van der Waals surface area contributed by atoms with Crippen molar-refractivity contribution in [2.45, 2.75) is 32.6 Å².